The van der Waals surface area contributed by atoms with Gasteiger partial charge in [-0.15, -0.1) is 0 Å². The lowest BCUT2D eigenvalue weighted by Crippen LogP contribution is -2.40. The van der Waals surface area contributed by atoms with Crippen molar-refractivity contribution in [2.45, 2.75) is 38.8 Å². The summed E-state index contributed by atoms with van der Waals surface area (Å²) < 4.78 is 11.3. The number of fused-ring (bicyclic) bond motifs is 1. The molecule has 0 aliphatic carbocycles. The molecule has 0 fully saturated rings. The largest absolute Gasteiger partial charge is 0.492 e. The monoisotopic (exact) mass is 249 g/mol. The highest BCUT2D eigenvalue weighted by Crippen LogP contribution is 2.23. The number of hydrogen-bond acceptors (Lipinski definition) is 3. The Kier molecular flexibility index (Phi) is 5.02. The summed E-state index contributed by atoms with van der Waals surface area (Å²) in [4.78, 5) is 0. The van der Waals surface area contributed by atoms with Gasteiger partial charge in [0.15, 0.2) is 0 Å². The number of hydrogen-bond donors (Lipinski definition) is 1. The summed E-state index contributed by atoms with van der Waals surface area (Å²) in [7, 11) is 0. The summed E-state index contributed by atoms with van der Waals surface area (Å²) in [5, 5.41) is 3.53. The molecule has 1 heterocycles. The Labute approximate surface area is 109 Å². The molecular formula is C15H23NO2. The molecule has 1 aliphatic rings. The van der Waals surface area contributed by atoms with Crippen molar-refractivity contribution in [1.82, 2.24) is 5.32 Å². The number of para-hydroxylation sites is 1. The predicted molar refractivity (Wildman–Crippen MR) is 73.1 cm³/mol. The van der Waals surface area contributed by atoms with E-state index in [0.29, 0.717) is 12.1 Å². The van der Waals surface area contributed by atoms with Crippen LogP contribution in [0.2, 0.25) is 0 Å². The number of ether oxygens (including phenoxy) is 2. The Morgan fingerprint density at radius 2 is 2.22 bits per heavy atom. The summed E-state index contributed by atoms with van der Waals surface area (Å²) in [5.41, 5.74) is 1.31. The first-order valence-electron chi connectivity index (χ1n) is 6.81. The molecule has 0 spiro atoms. The average molecular weight is 249 g/mol. The maximum absolute atomic E-state index is 5.74. The fourth-order valence-electron chi connectivity index (χ4n) is 2.16. The molecular weight excluding hydrogens is 226 g/mol. The molecule has 0 amide bonds. The minimum Gasteiger partial charge on any atom is -0.492 e. The molecule has 2 rings (SSSR count). The highest BCUT2D eigenvalue weighted by molar-refractivity contribution is 5.35. The van der Waals surface area contributed by atoms with E-state index in [1.165, 1.54) is 5.56 Å². The van der Waals surface area contributed by atoms with Crippen molar-refractivity contribution < 1.29 is 9.47 Å². The molecule has 100 valence electrons. The van der Waals surface area contributed by atoms with Crippen LogP contribution in [0.4, 0.5) is 0 Å². The third kappa shape index (κ3) is 4.00. The second-order valence-corrected chi connectivity index (χ2v) is 5.05. The van der Waals surface area contributed by atoms with E-state index in [2.05, 4.69) is 31.3 Å². The molecule has 1 aromatic rings. The molecule has 0 saturated carbocycles. The van der Waals surface area contributed by atoms with E-state index in [9.17, 15) is 0 Å². The summed E-state index contributed by atoms with van der Waals surface area (Å²) in [6, 6.07) is 8.71. The number of rotatable bonds is 6. The van der Waals surface area contributed by atoms with Crippen molar-refractivity contribution in [3.05, 3.63) is 29.8 Å². The van der Waals surface area contributed by atoms with Gasteiger partial charge in [-0.2, -0.15) is 0 Å². The summed E-state index contributed by atoms with van der Waals surface area (Å²) >= 11 is 0. The lowest BCUT2D eigenvalue weighted by atomic mass is 10.0. The van der Waals surface area contributed by atoms with Crippen molar-refractivity contribution in [2.24, 2.45) is 0 Å². The first kappa shape index (κ1) is 13.4. The Hall–Kier alpha value is -1.06. The van der Waals surface area contributed by atoms with Gasteiger partial charge < -0.3 is 14.8 Å². The Bertz CT molecular complexity index is 365. The SMILES string of the molecule is CC(C)OCCCN[C@@H]1COc2ccccc2C1. The quantitative estimate of drug-likeness (QED) is 0.785. The lowest BCUT2D eigenvalue weighted by molar-refractivity contribution is 0.0762. The van der Waals surface area contributed by atoms with Crippen LogP contribution in [0.15, 0.2) is 24.3 Å². The molecule has 1 N–H and O–H groups in total. The molecule has 0 saturated heterocycles. The topological polar surface area (TPSA) is 30.5 Å². The van der Waals surface area contributed by atoms with Gasteiger partial charge in [0.25, 0.3) is 0 Å². The van der Waals surface area contributed by atoms with E-state index >= 15 is 0 Å². The fourth-order valence-corrected chi connectivity index (χ4v) is 2.16. The molecule has 18 heavy (non-hydrogen) atoms. The van der Waals surface area contributed by atoms with Crippen molar-refractivity contribution in [1.29, 1.82) is 0 Å². The molecule has 1 atom stereocenters. The van der Waals surface area contributed by atoms with E-state index in [-0.39, 0.29) is 0 Å². The maximum Gasteiger partial charge on any atom is 0.122 e. The van der Waals surface area contributed by atoms with E-state index in [1.807, 2.05) is 12.1 Å². The van der Waals surface area contributed by atoms with Crippen LogP contribution in [0, 0.1) is 0 Å². The number of benzene rings is 1. The van der Waals surface area contributed by atoms with E-state index < -0.39 is 0 Å². The number of nitrogens with one attached hydrogen (secondary N) is 1. The Balaban J connectivity index is 1.67. The van der Waals surface area contributed by atoms with E-state index in [1.54, 1.807) is 0 Å². The van der Waals surface area contributed by atoms with E-state index in [4.69, 9.17) is 9.47 Å². The minimum absolute atomic E-state index is 0.329. The summed E-state index contributed by atoms with van der Waals surface area (Å²) in [5.74, 6) is 1.04. The third-order valence-electron chi connectivity index (χ3n) is 3.08. The molecule has 0 unspecified atom stereocenters. The van der Waals surface area contributed by atoms with Gasteiger partial charge >= 0.3 is 0 Å². The smallest absolute Gasteiger partial charge is 0.122 e. The van der Waals surface area contributed by atoms with Gasteiger partial charge in [0.1, 0.15) is 12.4 Å². The van der Waals surface area contributed by atoms with Crippen LogP contribution in [0.1, 0.15) is 25.8 Å². The Morgan fingerprint density at radius 3 is 3.06 bits per heavy atom. The Morgan fingerprint density at radius 1 is 1.39 bits per heavy atom. The van der Waals surface area contributed by atoms with Crippen LogP contribution in [-0.2, 0) is 11.2 Å². The molecule has 0 aromatic heterocycles. The van der Waals surface area contributed by atoms with Crippen LogP contribution in [0.3, 0.4) is 0 Å². The maximum atomic E-state index is 5.74. The summed E-state index contributed by atoms with van der Waals surface area (Å²) in [6.07, 6.45) is 2.44. The highest BCUT2D eigenvalue weighted by Gasteiger charge is 2.18. The van der Waals surface area contributed by atoms with Gasteiger partial charge in [-0.25, -0.2) is 0 Å². The molecule has 3 heteroatoms. The summed E-state index contributed by atoms with van der Waals surface area (Å²) in [6.45, 7) is 6.72. The van der Waals surface area contributed by atoms with Crippen molar-refractivity contribution >= 4 is 0 Å². The van der Waals surface area contributed by atoms with Gasteiger partial charge in [0.05, 0.1) is 6.10 Å². The van der Waals surface area contributed by atoms with Crippen LogP contribution >= 0.6 is 0 Å². The first-order valence-corrected chi connectivity index (χ1v) is 6.81. The van der Waals surface area contributed by atoms with Crippen LogP contribution in [0.5, 0.6) is 5.75 Å². The van der Waals surface area contributed by atoms with Crippen LogP contribution in [0.25, 0.3) is 0 Å². The van der Waals surface area contributed by atoms with Crippen molar-refractivity contribution in [2.75, 3.05) is 19.8 Å². The first-order chi connectivity index (χ1) is 8.75. The van der Waals surface area contributed by atoms with Gasteiger partial charge in [-0.3, -0.25) is 0 Å². The zero-order valence-electron chi connectivity index (χ0n) is 11.3. The molecule has 1 aliphatic heterocycles. The normalized spacial score (nSPS) is 18.5. The third-order valence-corrected chi connectivity index (χ3v) is 3.08. The minimum atomic E-state index is 0.329. The molecule has 3 nitrogen and oxygen atoms in total. The zero-order valence-corrected chi connectivity index (χ0v) is 11.3. The van der Waals surface area contributed by atoms with Gasteiger partial charge in [-0.05, 0) is 44.9 Å². The van der Waals surface area contributed by atoms with Crippen molar-refractivity contribution in [3.63, 3.8) is 0 Å². The second kappa shape index (κ2) is 6.76. The predicted octanol–water partition coefficient (Wildman–Crippen LogP) is 2.39. The van der Waals surface area contributed by atoms with Gasteiger partial charge in [0, 0.05) is 12.6 Å². The molecule has 1 aromatic carbocycles. The van der Waals surface area contributed by atoms with Crippen LogP contribution < -0.4 is 10.1 Å². The zero-order chi connectivity index (χ0) is 12.8. The van der Waals surface area contributed by atoms with E-state index in [0.717, 1.165) is 38.3 Å². The average Bonchev–Trinajstić information content (AvgIpc) is 2.38. The lowest BCUT2D eigenvalue weighted by Gasteiger charge is -2.26. The fraction of sp³-hybridized carbons (Fsp3) is 0.600. The highest BCUT2D eigenvalue weighted by atomic mass is 16.5. The van der Waals surface area contributed by atoms with Gasteiger partial charge in [0.2, 0.25) is 0 Å². The second-order valence-electron chi connectivity index (χ2n) is 5.05. The van der Waals surface area contributed by atoms with Crippen molar-refractivity contribution in [3.8, 4) is 5.75 Å². The van der Waals surface area contributed by atoms with Gasteiger partial charge in [-0.1, -0.05) is 18.2 Å². The van der Waals surface area contributed by atoms with Crippen LogP contribution in [-0.4, -0.2) is 31.9 Å². The molecule has 0 bridgehead atoms. The molecule has 0 radical (unpaired) electrons. The standard InChI is InChI=1S/C15H23NO2/c1-12(2)17-9-5-8-16-14-10-13-6-3-4-7-15(13)18-11-14/h3-4,6-7,12,14,16H,5,8-11H2,1-2H3/t14-/m0/s1.